The molecule has 2 aromatic carbocycles. The number of benzene rings is 2. The molecular formula is C23H19F3N2O4S. The molecule has 0 spiro atoms. The molecule has 1 fully saturated rings. The number of aliphatic hydroxyl groups is 1. The molecule has 2 amide bonds. The van der Waals surface area contributed by atoms with Gasteiger partial charge in [-0.2, -0.15) is 13.2 Å². The summed E-state index contributed by atoms with van der Waals surface area (Å²) in [5, 5.41) is 16.0. The van der Waals surface area contributed by atoms with Crippen LogP contribution in [0.25, 0.3) is 0 Å². The summed E-state index contributed by atoms with van der Waals surface area (Å²) >= 11 is 0.953. The number of ketones is 1. The van der Waals surface area contributed by atoms with Gasteiger partial charge in [0.05, 0.1) is 10.9 Å². The number of nitrogens with one attached hydrogen (secondary N) is 2. The molecule has 10 heteroatoms. The van der Waals surface area contributed by atoms with Crippen LogP contribution in [0.5, 0.6) is 5.75 Å². The molecule has 33 heavy (non-hydrogen) atoms. The van der Waals surface area contributed by atoms with Gasteiger partial charge in [-0.25, -0.2) is 4.79 Å². The standard InChI is InChI=1S/C23H19F3N2O4S/c24-23(25,26)22(31)18(20(29)17-7-4-12-33-17)19(27-21(30)28-22)15-8-10-16(11-9-15)32-13-14-5-2-1-3-6-14/h1-12,18-19,31H,13H2,(H2,27,28,30). The molecule has 2 heterocycles. The molecule has 172 valence electrons. The summed E-state index contributed by atoms with van der Waals surface area (Å²) in [5.41, 5.74) is -2.60. The van der Waals surface area contributed by atoms with Crippen LogP contribution >= 0.6 is 11.3 Å². The molecule has 3 atom stereocenters. The van der Waals surface area contributed by atoms with E-state index in [9.17, 15) is 27.9 Å². The first-order chi connectivity index (χ1) is 15.7. The number of thiophene rings is 1. The predicted molar refractivity (Wildman–Crippen MR) is 115 cm³/mol. The zero-order valence-corrected chi connectivity index (χ0v) is 17.8. The van der Waals surface area contributed by atoms with Crippen LogP contribution < -0.4 is 15.4 Å². The fraction of sp³-hybridized carbons (Fsp3) is 0.217. The lowest BCUT2D eigenvalue weighted by Gasteiger charge is -2.44. The fourth-order valence-corrected chi connectivity index (χ4v) is 4.41. The van der Waals surface area contributed by atoms with Gasteiger partial charge >= 0.3 is 12.2 Å². The van der Waals surface area contributed by atoms with Gasteiger partial charge in [0, 0.05) is 0 Å². The van der Waals surface area contributed by atoms with E-state index in [1.807, 2.05) is 30.3 Å². The third kappa shape index (κ3) is 4.57. The largest absolute Gasteiger partial charge is 0.489 e. The molecule has 1 aliphatic rings. The van der Waals surface area contributed by atoms with Crippen molar-refractivity contribution in [1.82, 2.24) is 10.6 Å². The number of ether oxygens (including phenoxy) is 1. The predicted octanol–water partition coefficient (Wildman–Crippen LogP) is 4.43. The van der Waals surface area contributed by atoms with Gasteiger partial charge in [-0.15, -0.1) is 11.3 Å². The first-order valence-corrected chi connectivity index (χ1v) is 10.8. The van der Waals surface area contributed by atoms with Crippen LogP contribution in [0.15, 0.2) is 72.1 Å². The first-order valence-electron chi connectivity index (χ1n) is 9.91. The highest BCUT2D eigenvalue weighted by molar-refractivity contribution is 7.12. The second-order valence-corrected chi connectivity index (χ2v) is 8.45. The Bertz CT molecular complexity index is 1120. The summed E-state index contributed by atoms with van der Waals surface area (Å²) in [5.74, 6) is -2.54. The first kappa shape index (κ1) is 22.8. The molecule has 1 aromatic heterocycles. The van der Waals surface area contributed by atoms with Crippen molar-refractivity contribution in [3.05, 3.63) is 88.1 Å². The molecule has 1 saturated heterocycles. The average Bonchev–Trinajstić information content (AvgIpc) is 3.32. The van der Waals surface area contributed by atoms with Crippen molar-refractivity contribution in [3.8, 4) is 5.75 Å². The number of urea groups is 1. The molecule has 1 aliphatic heterocycles. The highest BCUT2D eigenvalue weighted by Crippen LogP contribution is 2.44. The quantitative estimate of drug-likeness (QED) is 0.460. The lowest BCUT2D eigenvalue weighted by atomic mass is 9.78. The van der Waals surface area contributed by atoms with Crippen molar-refractivity contribution >= 4 is 23.2 Å². The third-order valence-corrected chi connectivity index (χ3v) is 6.22. The van der Waals surface area contributed by atoms with Crippen LogP contribution in [-0.2, 0) is 6.61 Å². The summed E-state index contributed by atoms with van der Waals surface area (Å²) in [4.78, 5) is 25.2. The van der Waals surface area contributed by atoms with Crippen LogP contribution in [0.2, 0.25) is 0 Å². The maximum atomic E-state index is 13.9. The molecule has 0 radical (unpaired) electrons. The number of amides is 2. The maximum Gasteiger partial charge on any atom is 0.437 e. The van der Waals surface area contributed by atoms with Crippen molar-refractivity contribution in [1.29, 1.82) is 0 Å². The summed E-state index contributed by atoms with van der Waals surface area (Å²) in [7, 11) is 0. The lowest BCUT2D eigenvalue weighted by molar-refractivity contribution is -0.287. The van der Waals surface area contributed by atoms with Crippen LogP contribution in [-0.4, -0.2) is 28.8 Å². The van der Waals surface area contributed by atoms with E-state index in [0.29, 0.717) is 5.75 Å². The number of hydrogen-bond acceptors (Lipinski definition) is 5. The zero-order valence-electron chi connectivity index (χ0n) is 17.0. The number of carbonyl (C=O) groups is 2. The van der Waals surface area contributed by atoms with Gasteiger partial charge < -0.3 is 20.5 Å². The highest BCUT2D eigenvalue weighted by Gasteiger charge is 2.66. The van der Waals surface area contributed by atoms with Crippen LogP contribution in [0.4, 0.5) is 18.0 Å². The number of halogens is 3. The van der Waals surface area contributed by atoms with E-state index in [1.165, 1.54) is 41.7 Å². The van der Waals surface area contributed by atoms with E-state index in [-0.39, 0.29) is 17.0 Å². The highest BCUT2D eigenvalue weighted by atomic mass is 32.1. The fourth-order valence-electron chi connectivity index (χ4n) is 3.70. The monoisotopic (exact) mass is 476 g/mol. The van der Waals surface area contributed by atoms with Crippen molar-refractivity contribution < 1.29 is 32.6 Å². The minimum atomic E-state index is -5.29. The van der Waals surface area contributed by atoms with Crippen molar-refractivity contribution in [3.63, 3.8) is 0 Å². The summed E-state index contributed by atoms with van der Waals surface area (Å²) < 4.78 is 47.4. The van der Waals surface area contributed by atoms with E-state index >= 15 is 0 Å². The second-order valence-electron chi connectivity index (χ2n) is 7.50. The van der Waals surface area contributed by atoms with Gasteiger partial charge in [-0.1, -0.05) is 48.5 Å². The van der Waals surface area contributed by atoms with Crippen molar-refractivity contribution in [2.24, 2.45) is 5.92 Å². The van der Waals surface area contributed by atoms with Gasteiger partial charge in [0.25, 0.3) is 0 Å². The average molecular weight is 476 g/mol. The summed E-state index contributed by atoms with van der Waals surface area (Å²) in [6.45, 7) is 0.289. The molecule has 3 unspecified atom stereocenters. The van der Waals surface area contributed by atoms with Crippen LogP contribution in [0.3, 0.4) is 0 Å². The molecule has 0 bridgehead atoms. The topological polar surface area (TPSA) is 87.7 Å². The molecule has 0 saturated carbocycles. The van der Waals surface area contributed by atoms with Crippen LogP contribution in [0.1, 0.15) is 26.8 Å². The van der Waals surface area contributed by atoms with E-state index in [0.717, 1.165) is 16.9 Å². The number of Topliss-reactive ketones (excluding diaryl/α,β-unsaturated/α-hetero) is 1. The molecule has 4 rings (SSSR count). The Labute approximate surface area is 191 Å². The second kappa shape index (κ2) is 8.87. The molecule has 3 N–H and O–H groups in total. The van der Waals surface area contributed by atoms with E-state index in [4.69, 9.17) is 4.74 Å². The summed E-state index contributed by atoms with van der Waals surface area (Å²) in [6.07, 6.45) is -5.29. The minimum absolute atomic E-state index is 0.0356. The van der Waals surface area contributed by atoms with Gasteiger partial charge in [0.1, 0.15) is 18.3 Å². The van der Waals surface area contributed by atoms with E-state index in [2.05, 4.69) is 5.32 Å². The number of alkyl halides is 3. The zero-order chi connectivity index (χ0) is 23.6. The molecule has 6 nitrogen and oxygen atoms in total. The van der Waals surface area contributed by atoms with Crippen molar-refractivity contribution in [2.75, 3.05) is 0 Å². The Morgan fingerprint density at radius 3 is 2.36 bits per heavy atom. The molecular weight excluding hydrogens is 457 g/mol. The number of hydrogen-bond donors (Lipinski definition) is 3. The lowest BCUT2D eigenvalue weighted by Crippen LogP contribution is -2.72. The number of carbonyl (C=O) groups excluding carboxylic acids is 2. The van der Waals surface area contributed by atoms with E-state index in [1.54, 1.807) is 5.38 Å². The summed E-state index contributed by atoms with van der Waals surface area (Å²) in [6, 6.07) is 15.6. The van der Waals surface area contributed by atoms with Crippen LogP contribution in [0, 0.1) is 5.92 Å². The molecule has 3 aromatic rings. The number of rotatable bonds is 6. The normalized spacial score (nSPS) is 22.8. The van der Waals surface area contributed by atoms with Gasteiger partial charge in [0.2, 0.25) is 5.72 Å². The Morgan fingerprint density at radius 1 is 1.06 bits per heavy atom. The Balaban J connectivity index is 1.64. The third-order valence-electron chi connectivity index (χ3n) is 5.34. The Hall–Kier alpha value is -3.37. The Kier molecular flexibility index (Phi) is 6.13. The van der Waals surface area contributed by atoms with Gasteiger partial charge in [-0.3, -0.25) is 4.79 Å². The maximum absolute atomic E-state index is 13.9. The minimum Gasteiger partial charge on any atom is -0.489 e. The van der Waals surface area contributed by atoms with Crippen molar-refractivity contribution in [2.45, 2.75) is 24.6 Å². The smallest absolute Gasteiger partial charge is 0.437 e. The molecule has 0 aliphatic carbocycles. The van der Waals surface area contributed by atoms with Gasteiger partial charge in [-0.05, 0) is 34.7 Å². The van der Waals surface area contributed by atoms with E-state index < -0.39 is 35.7 Å². The SMILES string of the molecule is O=C1NC(c2ccc(OCc3ccccc3)cc2)C(C(=O)c2cccs2)C(O)(C(F)(F)F)N1. The van der Waals surface area contributed by atoms with Gasteiger partial charge in [0.15, 0.2) is 5.78 Å². The Morgan fingerprint density at radius 2 is 1.76 bits per heavy atom.